The van der Waals surface area contributed by atoms with Crippen molar-refractivity contribution in [1.29, 1.82) is 0 Å². The Bertz CT molecular complexity index is 208. The van der Waals surface area contributed by atoms with Gasteiger partial charge in [0.1, 0.15) is 0 Å². The molecule has 0 saturated heterocycles. The van der Waals surface area contributed by atoms with Crippen molar-refractivity contribution < 1.29 is 14.6 Å². The molecule has 0 fully saturated rings. The molecule has 6 heteroatoms. The van der Waals surface area contributed by atoms with Gasteiger partial charge in [0.05, 0.1) is 18.1 Å². The summed E-state index contributed by atoms with van der Waals surface area (Å²) in [6.45, 7) is 2.25. The molecule has 0 aromatic rings. The molecule has 1 amide bonds. The number of ether oxygens (including phenoxy) is 1. The lowest BCUT2D eigenvalue weighted by Gasteiger charge is -2.23. The number of methoxy groups -OCH3 is 1. The van der Waals surface area contributed by atoms with Crippen LogP contribution in [0.15, 0.2) is 0 Å². The Morgan fingerprint density at radius 3 is 2.75 bits per heavy atom. The van der Waals surface area contributed by atoms with Gasteiger partial charge in [0, 0.05) is 26.0 Å². The van der Waals surface area contributed by atoms with E-state index < -0.39 is 5.60 Å². The molecule has 0 bridgehead atoms. The van der Waals surface area contributed by atoms with Crippen LogP contribution in [0.25, 0.3) is 0 Å². The molecule has 0 radical (unpaired) electrons. The van der Waals surface area contributed by atoms with Gasteiger partial charge in [-0.2, -0.15) is 11.8 Å². The molecule has 0 saturated carbocycles. The standard InChI is InChI=1S/C10H22N2O3S/c1-10(14,7-16-3)6-12-9(13)4-8(5-11)15-2/h8,14H,4-7,11H2,1-3H3,(H,12,13). The zero-order valence-electron chi connectivity index (χ0n) is 10.2. The van der Waals surface area contributed by atoms with E-state index in [2.05, 4.69) is 5.32 Å². The van der Waals surface area contributed by atoms with Gasteiger partial charge in [-0.3, -0.25) is 4.79 Å². The van der Waals surface area contributed by atoms with Crippen LogP contribution in [-0.4, -0.2) is 54.9 Å². The molecule has 0 aliphatic carbocycles. The largest absolute Gasteiger partial charge is 0.387 e. The summed E-state index contributed by atoms with van der Waals surface area (Å²) in [4.78, 5) is 11.5. The zero-order chi connectivity index (χ0) is 12.6. The molecular weight excluding hydrogens is 228 g/mol. The van der Waals surface area contributed by atoms with Crippen LogP contribution >= 0.6 is 11.8 Å². The molecule has 0 aliphatic heterocycles. The van der Waals surface area contributed by atoms with Gasteiger partial charge in [0.25, 0.3) is 0 Å². The number of hydrogen-bond acceptors (Lipinski definition) is 5. The smallest absolute Gasteiger partial charge is 0.222 e. The number of rotatable bonds is 8. The average Bonchev–Trinajstić information content (AvgIpc) is 2.23. The van der Waals surface area contributed by atoms with Gasteiger partial charge in [-0.1, -0.05) is 0 Å². The van der Waals surface area contributed by atoms with Crippen molar-refractivity contribution >= 4 is 17.7 Å². The van der Waals surface area contributed by atoms with Gasteiger partial charge in [0.15, 0.2) is 0 Å². The summed E-state index contributed by atoms with van der Waals surface area (Å²) in [5, 5.41) is 12.5. The number of carbonyl (C=O) groups is 1. The highest BCUT2D eigenvalue weighted by atomic mass is 32.2. The van der Waals surface area contributed by atoms with Crippen molar-refractivity contribution in [2.75, 3.05) is 32.2 Å². The Hall–Kier alpha value is -0.300. The number of aliphatic hydroxyl groups is 1. The predicted molar refractivity (Wildman–Crippen MR) is 66.5 cm³/mol. The molecule has 0 aliphatic rings. The minimum absolute atomic E-state index is 0.154. The van der Waals surface area contributed by atoms with Gasteiger partial charge in [-0.25, -0.2) is 0 Å². The van der Waals surface area contributed by atoms with E-state index in [0.717, 1.165) is 0 Å². The number of thioether (sulfide) groups is 1. The molecule has 0 aromatic heterocycles. The highest BCUT2D eigenvalue weighted by molar-refractivity contribution is 7.98. The van der Waals surface area contributed by atoms with E-state index in [1.807, 2.05) is 6.26 Å². The summed E-state index contributed by atoms with van der Waals surface area (Å²) in [6.07, 6.45) is 1.87. The van der Waals surface area contributed by atoms with E-state index in [1.54, 1.807) is 6.92 Å². The summed E-state index contributed by atoms with van der Waals surface area (Å²) in [5.74, 6) is 0.427. The summed E-state index contributed by atoms with van der Waals surface area (Å²) < 4.78 is 5.00. The third-order valence-electron chi connectivity index (χ3n) is 2.13. The molecule has 16 heavy (non-hydrogen) atoms. The highest BCUT2D eigenvalue weighted by Gasteiger charge is 2.21. The van der Waals surface area contributed by atoms with E-state index in [-0.39, 0.29) is 25.0 Å². The molecule has 0 rings (SSSR count). The Morgan fingerprint density at radius 1 is 1.69 bits per heavy atom. The lowest BCUT2D eigenvalue weighted by atomic mass is 10.1. The molecule has 0 spiro atoms. The van der Waals surface area contributed by atoms with Gasteiger partial charge >= 0.3 is 0 Å². The van der Waals surface area contributed by atoms with Gasteiger partial charge in [-0.15, -0.1) is 0 Å². The van der Waals surface area contributed by atoms with Crippen molar-refractivity contribution in [1.82, 2.24) is 5.32 Å². The molecule has 96 valence electrons. The topological polar surface area (TPSA) is 84.6 Å². The first kappa shape index (κ1) is 15.7. The second kappa shape index (κ2) is 7.89. The van der Waals surface area contributed by atoms with E-state index in [1.165, 1.54) is 18.9 Å². The van der Waals surface area contributed by atoms with Crippen LogP contribution in [0, 0.1) is 0 Å². The maximum absolute atomic E-state index is 11.5. The molecular formula is C10H22N2O3S. The van der Waals surface area contributed by atoms with Crippen LogP contribution in [0.1, 0.15) is 13.3 Å². The predicted octanol–water partition coefficient (Wildman–Crippen LogP) is -0.420. The Labute approximate surface area is 101 Å². The van der Waals surface area contributed by atoms with E-state index in [0.29, 0.717) is 12.3 Å². The maximum Gasteiger partial charge on any atom is 0.222 e. The molecule has 0 aromatic carbocycles. The Balaban J connectivity index is 3.88. The first-order valence-electron chi connectivity index (χ1n) is 5.16. The van der Waals surface area contributed by atoms with Crippen molar-refractivity contribution in [3.05, 3.63) is 0 Å². The quantitative estimate of drug-likeness (QED) is 0.545. The third-order valence-corrected chi connectivity index (χ3v) is 3.04. The number of nitrogens with one attached hydrogen (secondary N) is 1. The summed E-state index contributed by atoms with van der Waals surface area (Å²) in [7, 11) is 1.52. The van der Waals surface area contributed by atoms with Gasteiger partial charge in [0.2, 0.25) is 5.91 Å². The lowest BCUT2D eigenvalue weighted by molar-refractivity contribution is -0.124. The maximum atomic E-state index is 11.5. The van der Waals surface area contributed by atoms with Crippen LogP contribution < -0.4 is 11.1 Å². The first-order valence-corrected chi connectivity index (χ1v) is 6.55. The van der Waals surface area contributed by atoms with E-state index in [9.17, 15) is 9.90 Å². The van der Waals surface area contributed by atoms with Crippen LogP contribution in [0.4, 0.5) is 0 Å². The molecule has 0 heterocycles. The molecule has 5 nitrogen and oxygen atoms in total. The first-order chi connectivity index (χ1) is 7.45. The SMILES string of the molecule is COC(CN)CC(=O)NCC(C)(O)CSC. The van der Waals surface area contributed by atoms with Crippen molar-refractivity contribution in [2.45, 2.75) is 25.0 Å². The highest BCUT2D eigenvalue weighted by Crippen LogP contribution is 2.09. The Kier molecular flexibility index (Phi) is 7.74. The summed E-state index contributed by atoms with van der Waals surface area (Å²) >= 11 is 1.54. The minimum Gasteiger partial charge on any atom is -0.387 e. The monoisotopic (exact) mass is 250 g/mol. The zero-order valence-corrected chi connectivity index (χ0v) is 11.0. The number of hydrogen-bond donors (Lipinski definition) is 3. The Morgan fingerprint density at radius 2 is 2.31 bits per heavy atom. The average molecular weight is 250 g/mol. The van der Waals surface area contributed by atoms with Crippen LogP contribution in [0.5, 0.6) is 0 Å². The lowest BCUT2D eigenvalue weighted by Crippen LogP contribution is -2.43. The molecule has 2 unspecified atom stereocenters. The fraction of sp³-hybridized carbons (Fsp3) is 0.900. The molecule has 2 atom stereocenters. The molecule has 4 N–H and O–H groups in total. The number of amides is 1. The normalized spacial score (nSPS) is 16.6. The van der Waals surface area contributed by atoms with Crippen molar-refractivity contribution in [2.24, 2.45) is 5.73 Å². The number of nitrogens with two attached hydrogens (primary N) is 1. The summed E-state index contributed by atoms with van der Waals surface area (Å²) in [5.41, 5.74) is 4.53. The van der Waals surface area contributed by atoms with Gasteiger partial charge < -0.3 is 20.9 Å². The third kappa shape index (κ3) is 7.05. The van der Waals surface area contributed by atoms with Crippen molar-refractivity contribution in [3.8, 4) is 0 Å². The second-order valence-corrected chi connectivity index (χ2v) is 4.87. The van der Waals surface area contributed by atoms with Crippen LogP contribution in [-0.2, 0) is 9.53 Å². The van der Waals surface area contributed by atoms with E-state index in [4.69, 9.17) is 10.5 Å². The van der Waals surface area contributed by atoms with Gasteiger partial charge in [-0.05, 0) is 13.2 Å². The minimum atomic E-state index is -0.875. The van der Waals surface area contributed by atoms with Crippen LogP contribution in [0.3, 0.4) is 0 Å². The fourth-order valence-corrected chi connectivity index (χ4v) is 1.92. The van der Waals surface area contributed by atoms with Crippen LogP contribution in [0.2, 0.25) is 0 Å². The fourth-order valence-electron chi connectivity index (χ4n) is 1.19. The second-order valence-electron chi connectivity index (χ2n) is 4.00. The van der Waals surface area contributed by atoms with E-state index >= 15 is 0 Å². The number of carbonyl (C=O) groups excluding carboxylic acids is 1. The summed E-state index contributed by atoms with van der Waals surface area (Å²) in [6, 6.07) is 0. The van der Waals surface area contributed by atoms with Crippen molar-refractivity contribution in [3.63, 3.8) is 0 Å².